The molecule has 3 heterocycles. The quantitative estimate of drug-likeness (QED) is 0.137. The zero-order chi connectivity index (χ0) is 44.9. The van der Waals surface area contributed by atoms with Gasteiger partial charge in [-0.3, -0.25) is 4.57 Å². The second-order valence-corrected chi connectivity index (χ2v) is 19.5. The molecule has 2 aromatic heterocycles. The Hall–Kier alpha value is -7.37. The van der Waals surface area contributed by atoms with E-state index in [-0.39, 0.29) is 16.2 Å². The van der Waals surface area contributed by atoms with Gasteiger partial charge in [-0.15, -0.1) is 0 Å². The van der Waals surface area contributed by atoms with E-state index in [1.54, 1.807) is 0 Å². The minimum Gasteiger partial charge on any atom is -0.457 e. The molecule has 5 heteroatoms. The molecule has 0 saturated heterocycles. The van der Waals surface area contributed by atoms with Crippen LogP contribution in [0.15, 0.2) is 201 Å². The molecule has 1 aliphatic rings. The van der Waals surface area contributed by atoms with Gasteiger partial charge in [-0.25, -0.2) is 4.98 Å². The Morgan fingerprint density at radius 1 is 0.431 bits per heavy atom. The lowest BCUT2D eigenvalue weighted by atomic mass is 9.78. The SMILES string of the molecule is CC(C)(C)c1cccc(N2C=CN(c3cc(Oc4ccc5c6cc(C(C)(C)c7ccccc7)ccc6n(-c6cc(C(C)(C)c7ccccc7)ccn6)c5c4)cc(-c4ccccc4)c3)C2)c1. The monoisotopic (exact) mass is 848 g/mol. The van der Waals surface area contributed by atoms with Gasteiger partial charge in [0.15, 0.2) is 0 Å². The largest absolute Gasteiger partial charge is 0.457 e. The fourth-order valence-electron chi connectivity index (χ4n) is 9.32. The van der Waals surface area contributed by atoms with Crippen LogP contribution in [-0.2, 0) is 16.2 Å². The van der Waals surface area contributed by atoms with Crippen molar-refractivity contribution in [2.75, 3.05) is 16.5 Å². The predicted octanol–water partition coefficient (Wildman–Crippen LogP) is 15.3. The van der Waals surface area contributed by atoms with Crippen LogP contribution in [0.3, 0.4) is 0 Å². The number of fused-ring (bicyclic) bond motifs is 3. The molecule has 0 radical (unpaired) electrons. The van der Waals surface area contributed by atoms with E-state index in [2.05, 4.69) is 257 Å². The van der Waals surface area contributed by atoms with Crippen molar-refractivity contribution < 1.29 is 4.74 Å². The summed E-state index contributed by atoms with van der Waals surface area (Å²) in [5.41, 5.74) is 12.5. The van der Waals surface area contributed by atoms with Crippen molar-refractivity contribution in [1.29, 1.82) is 0 Å². The molecule has 5 nitrogen and oxygen atoms in total. The first kappa shape index (κ1) is 41.6. The van der Waals surface area contributed by atoms with Crippen LogP contribution in [0, 0.1) is 0 Å². The second-order valence-electron chi connectivity index (χ2n) is 19.5. The molecule has 322 valence electrons. The molecule has 0 unspecified atom stereocenters. The summed E-state index contributed by atoms with van der Waals surface area (Å²) in [4.78, 5) is 9.66. The molecule has 0 saturated carbocycles. The minimum atomic E-state index is -0.238. The first-order chi connectivity index (χ1) is 31.3. The second kappa shape index (κ2) is 16.3. The van der Waals surface area contributed by atoms with Crippen molar-refractivity contribution in [3.05, 3.63) is 228 Å². The third kappa shape index (κ3) is 7.97. The minimum absolute atomic E-state index is 0.0643. The van der Waals surface area contributed by atoms with Crippen molar-refractivity contribution in [1.82, 2.24) is 9.55 Å². The van der Waals surface area contributed by atoms with Crippen molar-refractivity contribution in [2.24, 2.45) is 0 Å². The number of anilines is 2. The number of rotatable bonds is 10. The average Bonchev–Trinajstić information content (AvgIpc) is 3.96. The Labute approximate surface area is 383 Å². The molecular formula is C60H56N4O. The van der Waals surface area contributed by atoms with Crippen molar-refractivity contribution in [3.63, 3.8) is 0 Å². The fraction of sp³-hybridized carbons (Fsp3) is 0.183. The molecule has 1 aliphatic heterocycles. The standard InChI is InChI=1S/C60H56N4O/c1-58(2,3)46-24-17-25-49(36-46)62-32-33-63(41-62)50-34-43(42-18-11-8-12-19-42)35-52(39-50)65-51-27-28-53-54-37-47(59(4,5)44-20-13-9-14-21-44)26-29-55(54)64(56(53)40-51)57-38-48(30-31-61-57)60(6,7)45-22-15-10-16-23-45/h8-40H,41H2,1-7H3. The third-order valence-electron chi connectivity index (χ3n) is 13.5. The first-order valence-corrected chi connectivity index (χ1v) is 22.7. The van der Waals surface area contributed by atoms with E-state index in [1.165, 1.54) is 38.9 Å². The number of pyridine rings is 1. The summed E-state index contributed by atoms with van der Waals surface area (Å²) < 4.78 is 9.28. The van der Waals surface area contributed by atoms with Gasteiger partial charge in [0.25, 0.3) is 0 Å². The maximum Gasteiger partial charge on any atom is 0.137 e. The van der Waals surface area contributed by atoms with E-state index < -0.39 is 0 Å². The Balaban J connectivity index is 1.07. The van der Waals surface area contributed by atoms with Gasteiger partial charge in [-0.1, -0.05) is 158 Å². The lowest BCUT2D eigenvalue weighted by molar-refractivity contribution is 0.483. The number of hydrogen-bond donors (Lipinski definition) is 0. The summed E-state index contributed by atoms with van der Waals surface area (Å²) in [5, 5.41) is 2.32. The van der Waals surface area contributed by atoms with E-state index in [9.17, 15) is 0 Å². The highest BCUT2D eigenvalue weighted by Crippen LogP contribution is 2.42. The van der Waals surface area contributed by atoms with Gasteiger partial charge in [0.1, 0.15) is 17.3 Å². The van der Waals surface area contributed by atoms with Gasteiger partial charge in [-0.05, 0) is 105 Å². The van der Waals surface area contributed by atoms with Crippen molar-refractivity contribution in [3.8, 4) is 28.4 Å². The molecule has 10 rings (SSSR count). The number of hydrogen-bond acceptors (Lipinski definition) is 4. The van der Waals surface area contributed by atoms with Crippen molar-refractivity contribution in [2.45, 2.75) is 64.7 Å². The van der Waals surface area contributed by atoms with Gasteiger partial charge in [0, 0.05) is 63.7 Å². The summed E-state index contributed by atoms with van der Waals surface area (Å²) in [6, 6.07) is 65.3. The zero-order valence-corrected chi connectivity index (χ0v) is 38.5. The summed E-state index contributed by atoms with van der Waals surface area (Å²) in [6.45, 7) is 16.7. The van der Waals surface area contributed by atoms with Crippen LogP contribution < -0.4 is 14.5 Å². The van der Waals surface area contributed by atoms with Gasteiger partial charge in [0.05, 0.1) is 17.7 Å². The molecule has 0 bridgehead atoms. The highest BCUT2D eigenvalue weighted by molar-refractivity contribution is 6.10. The van der Waals surface area contributed by atoms with E-state index in [4.69, 9.17) is 9.72 Å². The van der Waals surface area contributed by atoms with Crippen LogP contribution in [0.5, 0.6) is 11.5 Å². The molecule has 0 amide bonds. The molecule has 0 atom stereocenters. The molecule has 7 aromatic carbocycles. The molecule has 0 aliphatic carbocycles. The maximum atomic E-state index is 6.97. The topological polar surface area (TPSA) is 33.5 Å². The van der Waals surface area contributed by atoms with E-state index in [0.29, 0.717) is 6.67 Å². The van der Waals surface area contributed by atoms with E-state index in [0.717, 1.165) is 50.6 Å². The summed E-state index contributed by atoms with van der Waals surface area (Å²) >= 11 is 0. The maximum absolute atomic E-state index is 6.97. The summed E-state index contributed by atoms with van der Waals surface area (Å²) in [5.74, 6) is 2.38. The number of benzene rings is 7. The van der Waals surface area contributed by atoms with Crippen LogP contribution in [0.1, 0.15) is 76.3 Å². The molecule has 65 heavy (non-hydrogen) atoms. The lowest BCUT2D eigenvalue weighted by Crippen LogP contribution is -2.25. The summed E-state index contributed by atoms with van der Waals surface area (Å²) in [6.07, 6.45) is 6.28. The zero-order valence-electron chi connectivity index (χ0n) is 38.5. The van der Waals surface area contributed by atoms with E-state index in [1.807, 2.05) is 6.20 Å². The predicted molar refractivity (Wildman–Crippen MR) is 272 cm³/mol. The molecular weight excluding hydrogens is 793 g/mol. The molecule has 0 fully saturated rings. The van der Waals surface area contributed by atoms with Crippen LogP contribution >= 0.6 is 0 Å². The van der Waals surface area contributed by atoms with Crippen LogP contribution in [0.4, 0.5) is 11.4 Å². The van der Waals surface area contributed by atoms with Crippen LogP contribution in [0.25, 0.3) is 38.8 Å². The van der Waals surface area contributed by atoms with Crippen molar-refractivity contribution >= 4 is 33.2 Å². The normalized spacial score (nSPS) is 13.3. The summed E-state index contributed by atoms with van der Waals surface area (Å²) in [7, 11) is 0. The van der Waals surface area contributed by atoms with Gasteiger partial charge >= 0.3 is 0 Å². The Bertz CT molecular complexity index is 3190. The Morgan fingerprint density at radius 2 is 1.06 bits per heavy atom. The van der Waals surface area contributed by atoms with Gasteiger partial charge in [-0.2, -0.15) is 0 Å². The Kier molecular flexibility index (Phi) is 10.5. The van der Waals surface area contributed by atoms with E-state index >= 15 is 0 Å². The number of ether oxygens (including phenoxy) is 1. The smallest absolute Gasteiger partial charge is 0.137 e. The fourth-order valence-corrected chi connectivity index (χ4v) is 9.32. The first-order valence-electron chi connectivity index (χ1n) is 22.7. The average molecular weight is 849 g/mol. The number of nitrogens with zero attached hydrogens (tertiary/aromatic N) is 4. The highest BCUT2D eigenvalue weighted by atomic mass is 16.5. The third-order valence-corrected chi connectivity index (χ3v) is 13.5. The molecule has 0 spiro atoms. The molecule has 0 N–H and O–H groups in total. The number of aromatic nitrogens is 2. The van der Waals surface area contributed by atoms with Gasteiger partial charge < -0.3 is 14.5 Å². The highest BCUT2D eigenvalue weighted by Gasteiger charge is 2.27. The van der Waals surface area contributed by atoms with Crippen LogP contribution in [0.2, 0.25) is 0 Å². The van der Waals surface area contributed by atoms with Crippen LogP contribution in [-0.4, -0.2) is 16.2 Å². The Morgan fingerprint density at radius 3 is 1.74 bits per heavy atom. The molecule has 9 aromatic rings. The van der Waals surface area contributed by atoms with Gasteiger partial charge in [0.2, 0.25) is 0 Å². The lowest BCUT2D eigenvalue weighted by Gasteiger charge is -2.27.